The number of rotatable bonds is 5. The molecular formula is C21H16ClNO2. The highest BCUT2D eigenvalue weighted by Crippen LogP contribution is 2.27. The maximum Gasteiger partial charge on any atom is 0.187 e. The van der Waals surface area contributed by atoms with E-state index in [4.69, 9.17) is 11.6 Å². The van der Waals surface area contributed by atoms with Crippen molar-refractivity contribution in [2.45, 2.75) is 0 Å². The van der Waals surface area contributed by atoms with Crippen LogP contribution in [0.5, 0.6) is 5.75 Å². The molecule has 3 aromatic carbocycles. The lowest BCUT2D eigenvalue weighted by atomic mass is 10.1. The number of phenolic OH excluding ortho intramolecular Hbond substituents is 1. The Morgan fingerprint density at radius 1 is 0.840 bits per heavy atom. The van der Waals surface area contributed by atoms with Crippen LogP contribution in [0.2, 0.25) is 5.02 Å². The van der Waals surface area contributed by atoms with Gasteiger partial charge in [-0.3, -0.25) is 4.79 Å². The first-order valence-electron chi connectivity index (χ1n) is 7.75. The number of anilines is 1. The zero-order valence-corrected chi connectivity index (χ0v) is 14.1. The molecule has 4 heteroatoms. The largest absolute Gasteiger partial charge is 0.506 e. The van der Waals surface area contributed by atoms with Crippen molar-refractivity contribution in [2.24, 2.45) is 0 Å². The van der Waals surface area contributed by atoms with Crippen LogP contribution in [0.15, 0.2) is 84.9 Å². The number of aromatic hydroxyl groups is 1. The van der Waals surface area contributed by atoms with Crippen LogP contribution in [0, 0.1) is 0 Å². The number of carbonyl (C=O) groups is 1. The highest BCUT2D eigenvalue weighted by molar-refractivity contribution is 6.30. The summed E-state index contributed by atoms with van der Waals surface area (Å²) >= 11 is 5.96. The van der Waals surface area contributed by atoms with Gasteiger partial charge < -0.3 is 10.4 Å². The summed E-state index contributed by atoms with van der Waals surface area (Å²) in [6, 6.07) is 23.0. The van der Waals surface area contributed by atoms with Gasteiger partial charge in [0.2, 0.25) is 0 Å². The third kappa shape index (κ3) is 4.28. The zero-order valence-electron chi connectivity index (χ0n) is 13.3. The van der Waals surface area contributed by atoms with E-state index in [9.17, 15) is 9.90 Å². The van der Waals surface area contributed by atoms with Crippen LogP contribution >= 0.6 is 11.6 Å². The molecule has 0 spiro atoms. The maximum atomic E-state index is 12.6. The van der Waals surface area contributed by atoms with Gasteiger partial charge in [-0.05, 0) is 29.8 Å². The van der Waals surface area contributed by atoms with E-state index in [1.54, 1.807) is 48.5 Å². The Morgan fingerprint density at radius 3 is 2.16 bits per heavy atom. The fraction of sp³-hybridized carbons (Fsp3) is 0. The molecule has 124 valence electrons. The van der Waals surface area contributed by atoms with Crippen molar-refractivity contribution < 1.29 is 9.90 Å². The second-order valence-electron chi connectivity index (χ2n) is 5.44. The minimum atomic E-state index is -0.131. The Morgan fingerprint density at radius 2 is 1.48 bits per heavy atom. The van der Waals surface area contributed by atoms with Crippen molar-refractivity contribution >= 4 is 28.8 Å². The van der Waals surface area contributed by atoms with Gasteiger partial charge in [0.05, 0.1) is 5.69 Å². The second-order valence-corrected chi connectivity index (χ2v) is 5.87. The molecule has 0 saturated heterocycles. The van der Waals surface area contributed by atoms with Crippen LogP contribution in [-0.2, 0) is 0 Å². The third-order valence-corrected chi connectivity index (χ3v) is 3.91. The van der Waals surface area contributed by atoms with Gasteiger partial charge in [0.15, 0.2) is 5.78 Å². The van der Waals surface area contributed by atoms with E-state index in [2.05, 4.69) is 5.32 Å². The highest BCUT2D eigenvalue weighted by atomic mass is 35.5. The molecule has 0 fully saturated rings. The Kier molecular flexibility index (Phi) is 5.17. The smallest absolute Gasteiger partial charge is 0.187 e. The quantitative estimate of drug-likeness (QED) is 0.369. The lowest BCUT2D eigenvalue weighted by molar-refractivity contribution is 0.104. The monoisotopic (exact) mass is 349 g/mol. The third-order valence-electron chi connectivity index (χ3n) is 3.66. The van der Waals surface area contributed by atoms with Crippen molar-refractivity contribution in [3.8, 4) is 5.75 Å². The SMILES string of the molecule is O=C(/C=C(\Nc1ccccc1O)c1ccc(Cl)cc1)c1ccccc1. The van der Waals surface area contributed by atoms with Crippen molar-refractivity contribution in [1.82, 2.24) is 0 Å². The van der Waals surface area contributed by atoms with Crippen LogP contribution in [-0.4, -0.2) is 10.9 Å². The second kappa shape index (κ2) is 7.69. The van der Waals surface area contributed by atoms with Gasteiger partial charge in [-0.15, -0.1) is 0 Å². The molecule has 0 heterocycles. The first kappa shape index (κ1) is 16.8. The Hall–Kier alpha value is -3.04. The number of halogens is 1. The van der Waals surface area contributed by atoms with Crippen LogP contribution in [0.3, 0.4) is 0 Å². The Bertz CT molecular complexity index is 903. The van der Waals surface area contributed by atoms with Crippen molar-refractivity contribution in [1.29, 1.82) is 0 Å². The van der Waals surface area contributed by atoms with Crippen LogP contribution < -0.4 is 5.32 Å². The molecule has 0 aliphatic rings. The average molecular weight is 350 g/mol. The van der Waals surface area contributed by atoms with Gasteiger partial charge in [0.1, 0.15) is 5.75 Å². The number of hydrogen-bond acceptors (Lipinski definition) is 3. The molecule has 0 atom stereocenters. The van der Waals surface area contributed by atoms with Gasteiger partial charge in [-0.1, -0.05) is 66.2 Å². The molecule has 0 unspecified atom stereocenters. The topological polar surface area (TPSA) is 49.3 Å². The fourth-order valence-electron chi connectivity index (χ4n) is 2.36. The summed E-state index contributed by atoms with van der Waals surface area (Å²) in [4.78, 5) is 12.6. The predicted molar refractivity (Wildman–Crippen MR) is 102 cm³/mol. The number of carbonyl (C=O) groups excluding carboxylic acids is 1. The van der Waals surface area contributed by atoms with E-state index >= 15 is 0 Å². The van der Waals surface area contributed by atoms with Gasteiger partial charge in [-0.2, -0.15) is 0 Å². The van der Waals surface area contributed by atoms with Crippen molar-refractivity contribution in [3.63, 3.8) is 0 Å². The lowest BCUT2D eigenvalue weighted by Gasteiger charge is -2.13. The number of allylic oxidation sites excluding steroid dienone is 1. The number of para-hydroxylation sites is 2. The molecular weight excluding hydrogens is 334 g/mol. The van der Waals surface area contributed by atoms with Gasteiger partial charge in [0, 0.05) is 22.4 Å². The van der Waals surface area contributed by atoms with Gasteiger partial charge in [-0.25, -0.2) is 0 Å². The molecule has 0 aliphatic heterocycles. The molecule has 3 rings (SSSR count). The minimum absolute atomic E-state index is 0.106. The molecule has 0 radical (unpaired) electrons. The fourth-order valence-corrected chi connectivity index (χ4v) is 2.49. The summed E-state index contributed by atoms with van der Waals surface area (Å²) in [7, 11) is 0. The predicted octanol–water partition coefficient (Wildman–Crippen LogP) is 5.38. The number of hydrogen-bond donors (Lipinski definition) is 2. The lowest BCUT2D eigenvalue weighted by Crippen LogP contribution is -2.03. The van der Waals surface area contributed by atoms with Crippen LogP contribution in [0.25, 0.3) is 5.70 Å². The molecule has 0 amide bonds. The molecule has 0 aromatic heterocycles. The number of phenols is 1. The van der Waals surface area contributed by atoms with Crippen molar-refractivity contribution in [2.75, 3.05) is 5.32 Å². The van der Waals surface area contributed by atoms with E-state index in [-0.39, 0.29) is 11.5 Å². The molecule has 25 heavy (non-hydrogen) atoms. The zero-order chi connectivity index (χ0) is 17.6. The van der Waals surface area contributed by atoms with Gasteiger partial charge >= 0.3 is 0 Å². The Labute approximate surface area is 151 Å². The van der Waals surface area contributed by atoms with E-state index in [0.717, 1.165) is 5.56 Å². The molecule has 0 bridgehead atoms. The highest BCUT2D eigenvalue weighted by Gasteiger charge is 2.09. The van der Waals surface area contributed by atoms with E-state index in [1.807, 2.05) is 30.3 Å². The summed E-state index contributed by atoms with van der Waals surface area (Å²) in [5.74, 6) is -0.0250. The average Bonchev–Trinajstić information content (AvgIpc) is 2.64. The normalized spacial score (nSPS) is 11.2. The minimum Gasteiger partial charge on any atom is -0.506 e. The molecule has 0 saturated carbocycles. The Balaban J connectivity index is 1.99. The number of nitrogens with one attached hydrogen (secondary N) is 1. The van der Waals surface area contributed by atoms with E-state index < -0.39 is 0 Å². The van der Waals surface area contributed by atoms with Crippen LogP contribution in [0.1, 0.15) is 15.9 Å². The summed E-state index contributed by atoms with van der Waals surface area (Å²) < 4.78 is 0. The van der Waals surface area contributed by atoms with Crippen LogP contribution in [0.4, 0.5) is 5.69 Å². The summed E-state index contributed by atoms with van der Waals surface area (Å²) in [5.41, 5.74) is 2.47. The maximum absolute atomic E-state index is 12.6. The number of benzene rings is 3. The van der Waals surface area contributed by atoms with Crippen molar-refractivity contribution in [3.05, 3.63) is 101 Å². The van der Waals surface area contributed by atoms with E-state index in [1.165, 1.54) is 6.08 Å². The van der Waals surface area contributed by atoms with Gasteiger partial charge in [0.25, 0.3) is 0 Å². The van der Waals surface area contributed by atoms with E-state index in [0.29, 0.717) is 22.0 Å². The summed E-state index contributed by atoms with van der Waals surface area (Å²) in [5, 5.41) is 13.7. The summed E-state index contributed by atoms with van der Waals surface area (Å²) in [6.45, 7) is 0. The molecule has 3 nitrogen and oxygen atoms in total. The standard InChI is InChI=1S/C21H16ClNO2/c22-17-12-10-15(11-13-17)19(23-18-8-4-5-9-20(18)24)14-21(25)16-6-2-1-3-7-16/h1-14,23-24H/b19-14-. The molecule has 2 N–H and O–H groups in total. The first-order valence-corrected chi connectivity index (χ1v) is 8.13. The molecule has 0 aliphatic carbocycles. The summed E-state index contributed by atoms with van der Waals surface area (Å²) in [6.07, 6.45) is 1.52. The molecule has 3 aromatic rings. The first-order chi connectivity index (χ1) is 12.1. The number of ketones is 1.